The molecule has 0 spiro atoms. The molecule has 0 bridgehead atoms. The molecule has 0 saturated carbocycles. The van der Waals surface area contributed by atoms with Gasteiger partial charge in [0.15, 0.2) is 0 Å². The van der Waals surface area contributed by atoms with Crippen molar-refractivity contribution in [1.29, 1.82) is 0 Å². The number of benzene rings is 2. The van der Waals surface area contributed by atoms with Gasteiger partial charge >= 0.3 is 0 Å². The summed E-state index contributed by atoms with van der Waals surface area (Å²) in [4.78, 5) is 14.6. The largest absolute Gasteiger partial charge is 0.364 e. The van der Waals surface area contributed by atoms with E-state index < -0.39 is 0 Å². The maximum Gasteiger partial charge on any atom is 0.271 e. The molecule has 5 heteroatoms. The van der Waals surface area contributed by atoms with Crippen molar-refractivity contribution in [2.24, 2.45) is 5.10 Å². The Morgan fingerprint density at radius 3 is 2.57 bits per heavy atom. The lowest BCUT2D eigenvalue weighted by atomic mass is 9.79. The molecule has 1 amide bonds. The quantitative estimate of drug-likeness (QED) is 0.592. The second-order valence-electron chi connectivity index (χ2n) is 8.41. The van der Waals surface area contributed by atoms with E-state index in [1.807, 2.05) is 6.07 Å². The van der Waals surface area contributed by atoms with Crippen molar-refractivity contribution in [3.63, 3.8) is 0 Å². The number of amides is 1. The van der Waals surface area contributed by atoms with Crippen LogP contribution in [0.15, 0.2) is 47.6 Å². The summed E-state index contributed by atoms with van der Waals surface area (Å²) in [6.07, 6.45) is 2.73. The molecule has 0 aliphatic carbocycles. The van der Waals surface area contributed by atoms with Gasteiger partial charge < -0.3 is 4.90 Å². The number of anilines is 1. The lowest BCUT2D eigenvalue weighted by molar-refractivity contribution is 0.0955. The van der Waals surface area contributed by atoms with Gasteiger partial charge in [-0.25, -0.2) is 9.82 Å². The number of rotatable bonds is 4. The van der Waals surface area contributed by atoms with Crippen LogP contribution < -0.4 is 10.3 Å². The van der Waals surface area contributed by atoms with Crippen molar-refractivity contribution in [1.82, 2.24) is 5.43 Å². The number of nitrogens with zero attached hydrogens (tertiary/aromatic N) is 2. The molecule has 1 unspecified atom stereocenters. The Hall–Kier alpha value is -2.69. The zero-order valence-corrected chi connectivity index (χ0v) is 17.2. The molecule has 1 aliphatic heterocycles. The summed E-state index contributed by atoms with van der Waals surface area (Å²) < 4.78 is 13.0. The molecule has 1 atom stereocenters. The van der Waals surface area contributed by atoms with Crippen LogP contribution in [-0.4, -0.2) is 23.7 Å². The lowest BCUT2D eigenvalue weighted by Gasteiger charge is -2.50. The van der Waals surface area contributed by atoms with E-state index in [2.05, 4.69) is 62.2 Å². The van der Waals surface area contributed by atoms with E-state index in [4.69, 9.17) is 0 Å². The van der Waals surface area contributed by atoms with Gasteiger partial charge in [0, 0.05) is 22.8 Å². The third-order valence-corrected chi connectivity index (χ3v) is 5.30. The van der Waals surface area contributed by atoms with Crippen LogP contribution in [0.3, 0.4) is 0 Å². The van der Waals surface area contributed by atoms with Gasteiger partial charge in [0.2, 0.25) is 0 Å². The molecule has 2 aromatic carbocycles. The molecule has 0 aromatic heterocycles. The minimum Gasteiger partial charge on any atom is -0.364 e. The molecule has 0 saturated heterocycles. The second kappa shape index (κ2) is 7.74. The third kappa shape index (κ3) is 4.08. The summed E-state index contributed by atoms with van der Waals surface area (Å²) in [5.41, 5.74) is 6.49. The molecule has 0 radical (unpaired) electrons. The van der Waals surface area contributed by atoms with Crippen LogP contribution in [0.25, 0.3) is 0 Å². The van der Waals surface area contributed by atoms with Gasteiger partial charge in [0.25, 0.3) is 5.91 Å². The van der Waals surface area contributed by atoms with Crippen LogP contribution in [0.2, 0.25) is 0 Å². The van der Waals surface area contributed by atoms with E-state index in [-0.39, 0.29) is 17.3 Å². The molecular formula is C23H28FN3O. The van der Waals surface area contributed by atoms with Crippen LogP contribution in [0.4, 0.5) is 10.1 Å². The number of nitrogens with one attached hydrogen (secondary N) is 1. The number of carbonyl (C=O) groups is 1. The Bertz CT molecular complexity index is 887. The first-order valence-electron chi connectivity index (χ1n) is 9.71. The summed E-state index contributed by atoms with van der Waals surface area (Å²) in [6, 6.07) is 12.1. The average Bonchev–Trinajstić information content (AvgIpc) is 2.61. The normalized spacial score (nSPS) is 18.4. The highest BCUT2D eigenvalue weighted by Crippen LogP contribution is 2.44. The highest BCUT2D eigenvalue weighted by Gasteiger charge is 2.37. The number of hydrazone groups is 1. The van der Waals surface area contributed by atoms with Crippen molar-refractivity contribution in [3.8, 4) is 0 Å². The van der Waals surface area contributed by atoms with Crippen molar-refractivity contribution in [2.75, 3.05) is 4.90 Å². The Morgan fingerprint density at radius 2 is 1.93 bits per heavy atom. The molecule has 2 aromatic rings. The van der Waals surface area contributed by atoms with Gasteiger partial charge in [-0.1, -0.05) is 13.0 Å². The van der Waals surface area contributed by atoms with E-state index in [1.165, 1.54) is 35.5 Å². The van der Waals surface area contributed by atoms with E-state index in [9.17, 15) is 9.18 Å². The zero-order chi connectivity index (χ0) is 20.5. The first kappa shape index (κ1) is 20.1. The van der Waals surface area contributed by atoms with Crippen LogP contribution >= 0.6 is 0 Å². The molecule has 148 valence electrons. The van der Waals surface area contributed by atoms with E-state index in [1.54, 1.807) is 6.21 Å². The van der Waals surface area contributed by atoms with Gasteiger partial charge in [0.05, 0.1) is 6.21 Å². The highest BCUT2D eigenvalue weighted by atomic mass is 19.1. The monoisotopic (exact) mass is 381 g/mol. The molecule has 3 rings (SSSR count). The van der Waals surface area contributed by atoms with Crippen LogP contribution in [0, 0.1) is 5.82 Å². The fourth-order valence-electron chi connectivity index (χ4n) is 4.36. The number of halogens is 1. The van der Waals surface area contributed by atoms with Gasteiger partial charge in [-0.15, -0.1) is 0 Å². The maximum absolute atomic E-state index is 13.0. The van der Waals surface area contributed by atoms with Crippen molar-refractivity contribution in [2.45, 2.75) is 58.5 Å². The fourth-order valence-corrected chi connectivity index (χ4v) is 4.36. The first-order valence-corrected chi connectivity index (χ1v) is 9.71. The standard InChI is InChI=1S/C23H28FN3O/c1-15(2)27-21-11-6-17(12-20(21)16(3)13-23(27,4)5)14-25-26-22(28)18-7-9-19(24)10-8-18/h6-12,14-16H,13H2,1-5H3,(H,26,28)/b25-14+. The lowest BCUT2D eigenvalue weighted by Crippen LogP contribution is -2.51. The van der Waals surface area contributed by atoms with Gasteiger partial charge in [0.1, 0.15) is 5.82 Å². The minimum absolute atomic E-state index is 0.110. The number of fused-ring (bicyclic) bond motifs is 1. The minimum atomic E-state index is -0.373. The van der Waals surface area contributed by atoms with Crippen LogP contribution in [0.5, 0.6) is 0 Å². The Kier molecular flexibility index (Phi) is 5.54. The zero-order valence-electron chi connectivity index (χ0n) is 17.2. The Labute approximate surface area is 166 Å². The highest BCUT2D eigenvalue weighted by molar-refractivity contribution is 5.94. The van der Waals surface area contributed by atoms with Gasteiger partial charge in [-0.05, 0) is 87.6 Å². The van der Waals surface area contributed by atoms with Crippen LogP contribution in [0.1, 0.15) is 68.4 Å². The molecule has 4 nitrogen and oxygen atoms in total. The molecular weight excluding hydrogens is 353 g/mol. The van der Waals surface area contributed by atoms with Gasteiger partial charge in [-0.3, -0.25) is 4.79 Å². The predicted octanol–water partition coefficient (Wildman–Crippen LogP) is 5.09. The average molecular weight is 381 g/mol. The Balaban J connectivity index is 1.78. The predicted molar refractivity (Wildman–Crippen MR) is 113 cm³/mol. The van der Waals surface area contributed by atoms with Crippen LogP contribution in [-0.2, 0) is 0 Å². The fraction of sp³-hybridized carbons (Fsp3) is 0.391. The summed E-state index contributed by atoms with van der Waals surface area (Å²) in [5, 5.41) is 4.07. The topological polar surface area (TPSA) is 44.7 Å². The number of hydrogen-bond donors (Lipinski definition) is 1. The molecule has 1 aliphatic rings. The first-order chi connectivity index (χ1) is 13.2. The summed E-state index contributed by atoms with van der Waals surface area (Å²) in [6.45, 7) is 11.3. The van der Waals surface area contributed by atoms with Gasteiger partial charge in [-0.2, -0.15) is 5.10 Å². The van der Waals surface area contributed by atoms with E-state index >= 15 is 0 Å². The smallest absolute Gasteiger partial charge is 0.271 e. The van der Waals surface area contributed by atoms with Crippen molar-refractivity contribution >= 4 is 17.8 Å². The molecule has 1 N–H and O–H groups in total. The summed E-state index contributed by atoms with van der Waals surface area (Å²) in [7, 11) is 0. The van der Waals surface area contributed by atoms with E-state index in [0.717, 1.165) is 12.0 Å². The summed E-state index contributed by atoms with van der Waals surface area (Å²) >= 11 is 0. The van der Waals surface area contributed by atoms with Crippen molar-refractivity contribution in [3.05, 3.63) is 65.0 Å². The Morgan fingerprint density at radius 1 is 1.25 bits per heavy atom. The maximum atomic E-state index is 13.0. The SMILES string of the molecule is CC1CC(C)(C)N(C(C)C)c2ccc(/C=N/NC(=O)c3ccc(F)cc3)cc21. The number of hydrogen-bond acceptors (Lipinski definition) is 3. The van der Waals surface area contributed by atoms with Crippen molar-refractivity contribution < 1.29 is 9.18 Å². The summed E-state index contributed by atoms with van der Waals surface area (Å²) in [5.74, 6) is -0.292. The molecule has 28 heavy (non-hydrogen) atoms. The van der Waals surface area contributed by atoms with E-state index in [0.29, 0.717) is 17.5 Å². The third-order valence-electron chi connectivity index (χ3n) is 5.30. The molecule has 1 heterocycles. The second-order valence-corrected chi connectivity index (χ2v) is 8.41. The molecule has 0 fully saturated rings. The number of carbonyl (C=O) groups excluding carboxylic acids is 1.